The van der Waals surface area contributed by atoms with Crippen LogP contribution in [0, 0.1) is 19.8 Å². The van der Waals surface area contributed by atoms with Crippen molar-refractivity contribution < 1.29 is 19.8 Å². The molecule has 22 heavy (non-hydrogen) atoms. The molecule has 2 N–H and O–H groups in total. The number of benzene rings is 1. The summed E-state index contributed by atoms with van der Waals surface area (Å²) in [5.41, 5.74) is 3.53. The van der Waals surface area contributed by atoms with E-state index in [0.717, 1.165) is 5.56 Å². The Bertz CT molecular complexity index is 570. The first-order valence-electron chi connectivity index (χ1n) is 7.63. The Morgan fingerprint density at radius 1 is 1.32 bits per heavy atom. The van der Waals surface area contributed by atoms with Gasteiger partial charge in [0, 0.05) is 19.5 Å². The molecule has 2 atom stereocenters. The normalized spacial score (nSPS) is 21.7. The quantitative estimate of drug-likeness (QED) is 0.884. The fourth-order valence-electron chi connectivity index (χ4n) is 2.97. The van der Waals surface area contributed by atoms with Gasteiger partial charge in [-0.15, -0.1) is 0 Å². The lowest BCUT2D eigenvalue weighted by Crippen LogP contribution is -2.48. The number of hydrogen-bond acceptors (Lipinski definition) is 3. The molecule has 1 saturated heterocycles. The number of carboxylic acid groups (broad SMARTS) is 1. The topological polar surface area (TPSA) is 77.8 Å². The molecule has 0 aromatic heterocycles. The monoisotopic (exact) mass is 305 g/mol. The Labute approximate surface area is 130 Å². The fourth-order valence-corrected chi connectivity index (χ4v) is 2.97. The number of piperidine rings is 1. The van der Waals surface area contributed by atoms with Crippen molar-refractivity contribution in [1.82, 2.24) is 4.90 Å². The van der Waals surface area contributed by atoms with Gasteiger partial charge in [0.2, 0.25) is 5.91 Å². The number of nitrogens with zero attached hydrogens (tertiary/aromatic N) is 1. The predicted molar refractivity (Wildman–Crippen MR) is 82.6 cm³/mol. The van der Waals surface area contributed by atoms with Gasteiger partial charge >= 0.3 is 5.97 Å². The van der Waals surface area contributed by atoms with Gasteiger partial charge in [-0.3, -0.25) is 9.59 Å². The number of amides is 1. The first-order chi connectivity index (χ1) is 10.4. The van der Waals surface area contributed by atoms with Crippen LogP contribution in [0.1, 0.15) is 29.5 Å². The number of aliphatic hydroxyl groups excluding tert-OH is 1. The van der Waals surface area contributed by atoms with Gasteiger partial charge < -0.3 is 15.1 Å². The van der Waals surface area contributed by atoms with Gasteiger partial charge in [0.25, 0.3) is 0 Å². The molecular formula is C17H23NO4. The van der Waals surface area contributed by atoms with Crippen LogP contribution in [0.2, 0.25) is 0 Å². The number of β-amino-alcohol motifs (C(OH)–C–C–N with tert-alkyl or cyclic N) is 1. The predicted octanol–water partition coefficient (Wildman–Crippen LogP) is 1.53. The molecule has 1 aromatic carbocycles. The average molecular weight is 305 g/mol. The molecule has 0 spiro atoms. The number of likely N-dealkylation sites (tertiary alicyclic amines) is 1. The van der Waals surface area contributed by atoms with Crippen LogP contribution in [0.4, 0.5) is 0 Å². The second-order valence-electron chi connectivity index (χ2n) is 6.07. The van der Waals surface area contributed by atoms with Crippen molar-refractivity contribution in [3.8, 4) is 0 Å². The number of aryl methyl sites for hydroxylation is 3. The Morgan fingerprint density at radius 2 is 2.05 bits per heavy atom. The summed E-state index contributed by atoms with van der Waals surface area (Å²) in [4.78, 5) is 24.8. The van der Waals surface area contributed by atoms with Crippen LogP contribution >= 0.6 is 0 Å². The van der Waals surface area contributed by atoms with E-state index < -0.39 is 18.0 Å². The number of rotatable bonds is 4. The average Bonchev–Trinajstić information content (AvgIpc) is 2.45. The molecule has 1 amide bonds. The lowest BCUT2D eigenvalue weighted by Gasteiger charge is -2.34. The van der Waals surface area contributed by atoms with Crippen molar-refractivity contribution in [3.63, 3.8) is 0 Å². The van der Waals surface area contributed by atoms with E-state index in [1.165, 1.54) is 11.1 Å². The highest BCUT2D eigenvalue weighted by Crippen LogP contribution is 2.20. The van der Waals surface area contributed by atoms with Crippen molar-refractivity contribution in [2.45, 2.75) is 39.2 Å². The molecule has 0 aliphatic carbocycles. The highest BCUT2D eigenvalue weighted by molar-refractivity contribution is 5.77. The third-order valence-corrected chi connectivity index (χ3v) is 4.36. The Kier molecular flexibility index (Phi) is 5.19. The van der Waals surface area contributed by atoms with Crippen molar-refractivity contribution in [2.75, 3.05) is 13.1 Å². The first-order valence-corrected chi connectivity index (χ1v) is 7.63. The number of aliphatic hydroxyl groups is 1. The molecule has 1 aromatic rings. The van der Waals surface area contributed by atoms with Crippen LogP contribution in [-0.2, 0) is 16.0 Å². The fraction of sp³-hybridized carbons (Fsp3) is 0.529. The summed E-state index contributed by atoms with van der Waals surface area (Å²) in [6.45, 7) is 4.59. The molecule has 5 heteroatoms. The Morgan fingerprint density at radius 3 is 2.64 bits per heavy atom. The molecule has 0 bridgehead atoms. The largest absolute Gasteiger partial charge is 0.481 e. The zero-order chi connectivity index (χ0) is 16.3. The minimum atomic E-state index is -0.991. The zero-order valence-electron chi connectivity index (χ0n) is 13.1. The number of aliphatic carboxylic acids is 1. The molecule has 5 nitrogen and oxygen atoms in total. The summed E-state index contributed by atoms with van der Waals surface area (Å²) in [7, 11) is 0. The molecular weight excluding hydrogens is 282 g/mol. The molecule has 0 radical (unpaired) electrons. The van der Waals surface area contributed by atoms with Gasteiger partial charge in [-0.05, 0) is 37.8 Å². The second-order valence-corrected chi connectivity index (χ2v) is 6.07. The van der Waals surface area contributed by atoms with Gasteiger partial charge in [0.05, 0.1) is 12.0 Å². The summed E-state index contributed by atoms with van der Waals surface area (Å²) in [5.74, 6) is -1.78. The van der Waals surface area contributed by atoms with E-state index in [0.29, 0.717) is 25.8 Å². The smallest absolute Gasteiger partial charge is 0.309 e. The minimum Gasteiger partial charge on any atom is -0.481 e. The first kappa shape index (κ1) is 16.5. The third kappa shape index (κ3) is 3.85. The van der Waals surface area contributed by atoms with E-state index in [1.54, 1.807) is 4.90 Å². The van der Waals surface area contributed by atoms with Crippen LogP contribution in [0.25, 0.3) is 0 Å². The van der Waals surface area contributed by atoms with Crippen LogP contribution in [-0.4, -0.2) is 46.2 Å². The highest BCUT2D eigenvalue weighted by Gasteiger charge is 2.34. The van der Waals surface area contributed by atoms with Gasteiger partial charge in [0.1, 0.15) is 0 Å². The van der Waals surface area contributed by atoms with Crippen molar-refractivity contribution in [1.29, 1.82) is 0 Å². The molecule has 1 aliphatic rings. The lowest BCUT2D eigenvalue weighted by molar-refractivity contribution is -0.152. The number of hydrogen-bond donors (Lipinski definition) is 2. The van der Waals surface area contributed by atoms with Crippen LogP contribution in [0.15, 0.2) is 18.2 Å². The van der Waals surface area contributed by atoms with E-state index in [2.05, 4.69) is 6.07 Å². The number of carboxylic acids is 1. The van der Waals surface area contributed by atoms with E-state index in [1.807, 2.05) is 26.0 Å². The second kappa shape index (κ2) is 6.92. The maximum absolute atomic E-state index is 12.2. The lowest BCUT2D eigenvalue weighted by atomic mass is 9.93. The van der Waals surface area contributed by atoms with Crippen LogP contribution < -0.4 is 0 Å². The van der Waals surface area contributed by atoms with Crippen molar-refractivity contribution in [2.24, 2.45) is 5.92 Å². The van der Waals surface area contributed by atoms with Crippen molar-refractivity contribution in [3.05, 3.63) is 34.9 Å². The molecule has 1 fully saturated rings. The molecule has 0 saturated carbocycles. The van der Waals surface area contributed by atoms with Gasteiger partial charge in [-0.1, -0.05) is 23.8 Å². The highest BCUT2D eigenvalue weighted by atomic mass is 16.4. The molecule has 2 rings (SSSR count). The summed E-state index contributed by atoms with van der Waals surface area (Å²) < 4.78 is 0. The molecule has 1 heterocycles. The standard InChI is InChI=1S/C17H23NO4/c1-11-3-4-13(12(2)9-11)5-6-16(20)18-8-7-14(17(21)22)15(19)10-18/h3-4,9,14-15,19H,5-8,10H2,1-2H3,(H,21,22)/t14-,15+/m0/s1. The summed E-state index contributed by atoms with van der Waals surface area (Å²) in [6, 6.07) is 6.18. The number of carbonyl (C=O) groups excluding carboxylic acids is 1. The summed E-state index contributed by atoms with van der Waals surface area (Å²) >= 11 is 0. The Balaban J connectivity index is 1.89. The van der Waals surface area contributed by atoms with E-state index in [9.17, 15) is 14.7 Å². The van der Waals surface area contributed by atoms with Gasteiger partial charge in [-0.25, -0.2) is 0 Å². The van der Waals surface area contributed by atoms with Gasteiger partial charge in [0.15, 0.2) is 0 Å². The SMILES string of the molecule is Cc1ccc(CCC(=O)N2CC[C@H](C(=O)O)[C@H](O)C2)c(C)c1. The van der Waals surface area contributed by atoms with Crippen molar-refractivity contribution >= 4 is 11.9 Å². The molecule has 120 valence electrons. The minimum absolute atomic E-state index is 0.0251. The van der Waals surface area contributed by atoms with Gasteiger partial charge in [-0.2, -0.15) is 0 Å². The maximum Gasteiger partial charge on any atom is 0.309 e. The third-order valence-electron chi connectivity index (χ3n) is 4.36. The van der Waals surface area contributed by atoms with Crippen LogP contribution in [0.3, 0.4) is 0 Å². The molecule has 1 aliphatic heterocycles. The Hall–Kier alpha value is -1.88. The van der Waals surface area contributed by atoms with E-state index in [4.69, 9.17) is 5.11 Å². The number of carbonyl (C=O) groups is 2. The van der Waals surface area contributed by atoms with Crippen LogP contribution in [0.5, 0.6) is 0 Å². The van der Waals surface area contributed by atoms with E-state index in [-0.39, 0.29) is 12.5 Å². The zero-order valence-corrected chi connectivity index (χ0v) is 13.1. The summed E-state index contributed by atoms with van der Waals surface area (Å²) in [5, 5.41) is 18.8. The summed E-state index contributed by atoms with van der Waals surface area (Å²) in [6.07, 6.45) is 0.386. The van der Waals surface area contributed by atoms with E-state index >= 15 is 0 Å². The molecule has 0 unspecified atom stereocenters. The maximum atomic E-state index is 12.2.